The molecule has 2 heterocycles. The third-order valence-corrected chi connectivity index (χ3v) is 4.89. The summed E-state index contributed by atoms with van der Waals surface area (Å²) in [5, 5.41) is 0.785. The minimum atomic E-state index is -1.13. The van der Waals surface area contributed by atoms with Crippen LogP contribution in [0.1, 0.15) is 32.0 Å². The fraction of sp³-hybridized carbons (Fsp3) is 0.444. The van der Waals surface area contributed by atoms with Gasteiger partial charge >= 0.3 is 0 Å². The third-order valence-electron chi connectivity index (χ3n) is 4.89. The number of methoxy groups -OCH3 is 2. The van der Waals surface area contributed by atoms with Gasteiger partial charge in [-0.1, -0.05) is 20.8 Å². The first-order valence-electron chi connectivity index (χ1n) is 7.70. The largest absolute Gasteiger partial charge is 0.495 e. The molecule has 5 nitrogen and oxygen atoms in total. The Morgan fingerprint density at radius 2 is 1.96 bits per heavy atom. The number of pyridine rings is 1. The smallest absolute Gasteiger partial charge is 0.229 e. The van der Waals surface area contributed by atoms with Gasteiger partial charge in [0.25, 0.3) is 0 Å². The molecule has 0 saturated heterocycles. The fourth-order valence-corrected chi connectivity index (χ4v) is 3.32. The van der Waals surface area contributed by atoms with Crippen LogP contribution in [0.4, 0.5) is 0 Å². The zero-order valence-corrected chi connectivity index (χ0v) is 14.0. The number of rotatable bonds is 4. The molecule has 0 aromatic carbocycles. The Hall–Kier alpha value is -2.14. The average molecular weight is 315 g/mol. The van der Waals surface area contributed by atoms with E-state index in [2.05, 4.69) is 18.8 Å². The van der Waals surface area contributed by atoms with Crippen molar-refractivity contribution < 1.29 is 18.7 Å². The molecular formula is C18H21NO4. The van der Waals surface area contributed by atoms with Gasteiger partial charge in [0, 0.05) is 18.6 Å². The first kappa shape index (κ1) is 15.7. The Bertz CT molecular complexity index is 790. The zero-order chi connectivity index (χ0) is 16.8. The third kappa shape index (κ3) is 2.03. The van der Waals surface area contributed by atoms with Crippen molar-refractivity contribution >= 4 is 23.0 Å². The van der Waals surface area contributed by atoms with Gasteiger partial charge < -0.3 is 13.9 Å². The van der Waals surface area contributed by atoms with Crippen LogP contribution in [0.15, 0.2) is 22.8 Å². The Morgan fingerprint density at radius 3 is 2.57 bits per heavy atom. The van der Waals surface area contributed by atoms with E-state index in [0.29, 0.717) is 17.2 Å². The average Bonchev–Trinajstić information content (AvgIpc) is 3.00. The van der Waals surface area contributed by atoms with Crippen molar-refractivity contribution in [2.45, 2.75) is 26.4 Å². The van der Waals surface area contributed by atoms with Crippen LogP contribution in [0.2, 0.25) is 0 Å². The van der Waals surface area contributed by atoms with Gasteiger partial charge in [-0.2, -0.15) is 0 Å². The molecule has 0 N–H and O–H groups in total. The lowest BCUT2D eigenvalue weighted by Crippen LogP contribution is -2.47. The van der Waals surface area contributed by atoms with Crippen molar-refractivity contribution in [2.24, 2.45) is 11.8 Å². The topological polar surface area (TPSA) is 61.6 Å². The van der Waals surface area contributed by atoms with Gasteiger partial charge in [-0.15, -0.1) is 0 Å². The summed E-state index contributed by atoms with van der Waals surface area (Å²) in [5.41, 5.74) is 0.649. The van der Waals surface area contributed by atoms with Crippen LogP contribution in [0.5, 0.6) is 5.75 Å². The molecule has 0 bridgehead atoms. The highest BCUT2D eigenvalue weighted by Crippen LogP contribution is 2.46. The van der Waals surface area contributed by atoms with Crippen molar-refractivity contribution in [3.8, 4) is 5.75 Å². The van der Waals surface area contributed by atoms with Crippen LogP contribution in [0, 0.1) is 11.8 Å². The van der Waals surface area contributed by atoms with E-state index >= 15 is 0 Å². The van der Waals surface area contributed by atoms with Crippen LogP contribution in [0.3, 0.4) is 0 Å². The minimum Gasteiger partial charge on any atom is -0.495 e. The number of nitrogens with zero attached hydrogens (tertiary/aromatic N) is 1. The molecule has 5 heteroatoms. The number of hydrogen-bond acceptors (Lipinski definition) is 5. The van der Waals surface area contributed by atoms with E-state index in [9.17, 15) is 4.79 Å². The summed E-state index contributed by atoms with van der Waals surface area (Å²) in [6.07, 6.45) is 4.87. The Kier molecular flexibility index (Phi) is 3.76. The standard InChI is InChI=1S/C18H21NO4/c1-10(2)11(3)18(22-5)14(20)7-6-12-15(21-4)13-8-9-23-17(13)19-16(12)18/h6-11H,1-5H3/t11-,18-/m1/s1. The summed E-state index contributed by atoms with van der Waals surface area (Å²) >= 11 is 0. The monoisotopic (exact) mass is 315 g/mol. The Labute approximate surface area is 135 Å². The number of fused-ring (bicyclic) bond motifs is 2. The summed E-state index contributed by atoms with van der Waals surface area (Å²) in [7, 11) is 3.16. The molecule has 122 valence electrons. The molecular weight excluding hydrogens is 294 g/mol. The second-order valence-corrected chi connectivity index (χ2v) is 6.22. The second kappa shape index (κ2) is 5.49. The molecule has 1 aliphatic rings. The molecule has 0 spiro atoms. The van der Waals surface area contributed by atoms with Crippen LogP contribution in [-0.4, -0.2) is 25.0 Å². The van der Waals surface area contributed by atoms with Gasteiger partial charge in [0.15, 0.2) is 11.4 Å². The van der Waals surface area contributed by atoms with Gasteiger partial charge in [-0.05, 0) is 24.1 Å². The molecule has 0 aliphatic heterocycles. The first-order valence-corrected chi connectivity index (χ1v) is 7.70. The summed E-state index contributed by atoms with van der Waals surface area (Å²) in [5.74, 6) is 0.723. The number of ketones is 1. The van der Waals surface area contributed by atoms with E-state index in [0.717, 1.165) is 10.9 Å². The van der Waals surface area contributed by atoms with E-state index in [1.165, 1.54) is 0 Å². The van der Waals surface area contributed by atoms with Gasteiger partial charge in [0.1, 0.15) is 5.75 Å². The number of aromatic nitrogens is 1. The maximum atomic E-state index is 12.8. The summed E-state index contributed by atoms with van der Waals surface area (Å²) in [6.45, 7) is 6.15. The van der Waals surface area contributed by atoms with E-state index in [4.69, 9.17) is 13.9 Å². The zero-order valence-electron chi connectivity index (χ0n) is 14.0. The molecule has 2 atom stereocenters. The van der Waals surface area contributed by atoms with Gasteiger partial charge in [-0.25, -0.2) is 4.98 Å². The maximum absolute atomic E-state index is 12.8. The van der Waals surface area contributed by atoms with Gasteiger partial charge in [0.05, 0.1) is 24.5 Å². The van der Waals surface area contributed by atoms with Crippen molar-refractivity contribution in [1.82, 2.24) is 4.98 Å². The number of carbonyl (C=O) groups excluding carboxylic acids is 1. The first-order chi connectivity index (χ1) is 11.0. The van der Waals surface area contributed by atoms with Gasteiger partial charge in [-0.3, -0.25) is 4.79 Å². The number of hydrogen-bond donors (Lipinski definition) is 0. The normalized spacial score (nSPS) is 21.7. The van der Waals surface area contributed by atoms with Crippen molar-refractivity contribution in [2.75, 3.05) is 14.2 Å². The molecule has 2 aromatic rings. The molecule has 3 rings (SSSR count). The number of furan rings is 1. The summed E-state index contributed by atoms with van der Waals surface area (Å²) in [4.78, 5) is 17.4. The minimum absolute atomic E-state index is 0.0617. The fourth-order valence-electron chi connectivity index (χ4n) is 3.32. The predicted molar refractivity (Wildman–Crippen MR) is 87.3 cm³/mol. The highest BCUT2D eigenvalue weighted by Gasteiger charge is 2.50. The molecule has 0 amide bonds. The highest BCUT2D eigenvalue weighted by molar-refractivity contribution is 6.06. The lowest BCUT2D eigenvalue weighted by atomic mass is 9.72. The summed E-state index contributed by atoms with van der Waals surface area (Å²) < 4.78 is 16.8. The molecule has 0 unspecified atom stereocenters. The molecule has 1 aliphatic carbocycles. The quantitative estimate of drug-likeness (QED) is 0.863. The van der Waals surface area contributed by atoms with E-state index < -0.39 is 5.60 Å². The van der Waals surface area contributed by atoms with Crippen LogP contribution in [-0.2, 0) is 15.1 Å². The second-order valence-electron chi connectivity index (χ2n) is 6.22. The predicted octanol–water partition coefficient (Wildman–Crippen LogP) is 3.57. The Morgan fingerprint density at radius 1 is 1.22 bits per heavy atom. The van der Waals surface area contributed by atoms with Crippen LogP contribution < -0.4 is 4.74 Å². The number of ether oxygens (including phenoxy) is 2. The molecule has 2 aromatic heterocycles. The summed E-state index contributed by atoms with van der Waals surface area (Å²) in [6, 6.07) is 1.81. The SMILES string of the molecule is COc1c2c(nc3occc13)[C@@](OC)([C@H](C)C(C)C)C(=O)C=C2. The molecule has 0 saturated carbocycles. The molecule has 0 radical (unpaired) electrons. The lowest BCUT2D eigenvalue weighted by molar-refractivity contribution is -0.148. The van der Waals surface area contributed by atoms with Gasteiger partial charge in [0.2, 0.25) is 5.71 Å². The Balaban J connectivity index is 2.39. The lowest BCUT2D eigenvalue weighted by Gasteiger charge is -2.39. The van der Waals surface area contributed by atoms with Crippen LogP contribution in [0.25, 0.3) is 17.2 Å². The molecule has 23 heavy (non-hydrogen) atoms. The highest BCUT2D eigenvalue weighted by atomic mass is 16.5. The molecule has 0 fully saturated rings. The van der Waals surface area contributed by atoms with E-state index in [-0.39, 0.29) is 17.6 Å². The van der Waals surface area contributed by atoms with Crippen molar-refractivity contribution in [3.05, 3.63) is 29.7 Å². The van der Waals surface area contributed by atoms with E-state index in [1.807, 2.05) is 13.0 Å². The van der Waals surface area contributed by atoms with Crippen LogP contribution >= 0.6 is 0 Å². The van der Waals surface area contributed by atoms with Crippen molar-refractivity contribution in [1.29, 1.82) is 0 Å². The number of carbonyl (C=O) groups is 1. The van der Waals surface area contributed by atoms with E-state index in [1.54, 1.807) is 32.6 Å². The van der Waals surface area contributed by atoms with Crippen molar-refractivity contribution in [3.63, 3.8) is 0 Å². The maximum Gasteiger partial charge on any atom is 0.229 e.